The second-order valence-corrected chi connectivity index (χ2v) is 5.09. The van der Waals surface area contributed by atoms with Crippen molar-refractivity contribution in [3.05, 3.63) is 71.8 Å². The predicted octanol–water partition coefficient (Wildman–Crippen LogP) is 3.32. The molecule has 21 heavy (non-hydrogen) atoms. The molecule has 0 saturated carbocycles. The molecular weight excluding hydrogens is 262 g/mol. The molecule has 0 bridgehead atoms. The van der Waals surface area contributed by atoms with Crippen LogP contribution in [0.1, 0.15) is 41.8 Å². The first-order valence-electron chi connectivity index (χ1n) is 7.31. The minimum atomic E-state index is -0.696. The van der Waals surface area contributed by atoms with Gasteiger partial charge in [0.15, 0.2) is 0 Å². The number of amides is 1. The smallest absolute Gasteiger partial charge is 0.251 e. The summed E-state index contributed by atoms with van der Waals surface area (Å²) >= 11 is 0. The lowest BCUT2D eigenvalue weighted by Crippen LogP contribution is -2.39. The molecule has 0 heterocycles. The quantitative estimate of drug-likeness (QED) is 0.854. The molecule has 3 nitrogen and oxygen atoms in total. The maximum Gasteiger partial charge on any atom is 0.251 e. The van der Waals surface area contributed by atoms with E-state index in [2.05, 4.69) is 5.32 Å². The van der Waals surface area contributed by atoms with Gasteiger partial charge in [0.2, 0.25) is 0 Å². The summed E-state index contributed by atoms with van der Waals surface area (Å²) < 4.78 is 0. The number of rotatable bonds is 6. The van der Waals surface area contributed by atoms with Crippen LogP contribution in [0.4, 0.5) is 0 Å². The first-order chi connectivity index (χ1) is 10.2. The highest BCUT2D eigenvalue weighted by atomic mass is 16.3. The van der Waals surface area contributed by atoms with E-state index >= 15 is 0 Å². The first kappa shape index (κ1) is 15.3. The standard InChI is InChI=1S/C18H21NO2/c1-2-9-16(17(20)14-10-5-3-6-11-14)19-18(21)15-12-7-4-8-13-15/h3-8,10-13,16-17,20H,2,9H2,1H3,(H,19,21)/t16-,17+/m0/s1. The summed E-state index contributed by atoms with van der Waals surface area (Å²) in [6.07, 6.45) is 0.928. The van der Waals surface area contributed by atoms with Crippen LogP contribution in [0.5, 0.6) is 0 Å². The lowest BCUT2D eigenvalue weighted by molar-refractivity contribution is 0.0820. The van der Waals surface area contributed by atoms with Crippen molar-refractivity contribution in [2.24, 2.45) is 0 Å². The molecule has 0 aliphatic heterocycles. The van der Waals surface area contributed by atoms with Crippen LogP contribution in [-0.2, 0) is 0 Å². The Bertz CT molecular complexity index is 554. The number of carbonyl (C=O) groups excluding carboxylic acids is 1. The maximum atomic E-state index is 12.2. The average molecular weight is 283 g/mol. The Morgan fingerprint density at radius 2 is 1.62 bits per heavy atom. The molecule has 0 spiro atoms. The highest BCUT2D eigenvalue weighted by Crippen LogP contribution is 2.20. The van der Waals surface area contributed by atoms with Crippen LogP contribution in [0.15, 0.2) is 60.7 Å². The van der Waals surface area contributed by atoms with Crippen molar-refractivity contribution in [2.45, 2.75) is 31.9 Å². The Morgan fingerprint density at radius 1 is 1.05 bits per heavy atom. The molecular formula is C18H21NO2. The van der Waals surface area contributed by atoms with E-state index in [1.54, 1.807) is 12.1 Å². The maximum absolute atomic E-state index is 12.2. The van der Waals surface area contributed by atoms with Gasteiger partial charge in [-0.2, -0.15) is 0 Å². The molecule has 2 aromatic rings. The zero-order valence-electron chi connectivity index (χ0n) is 12.2. The molecule has 0 saturated heterocycles. The molecule has 0 unspecified atom stereocenters. The molecule has 2 N–H and O–H groups in total. The summed E-state index contributed by atoms with van der Waals surface area (Å²) in [4.78, 5) is 12.2. The lowest BCUT2D eigenvalue weighted by Gasteiger charge is -2.24. The van der Waals surface area contributed by atoms with Crippen LogP contribution < -0.4 is 5.32 Å². The van der Waals surface area contributed by atoms with Gasteiger partial charge in [-0.3, -0.25) is 4.79 Å². The van der Waals surface area contributed by atoms with Crippen molar-refractivity contribution in [3.8, 4) is 0 Å². The van der Waals surface area contributed by atoms with Gasteiger partial charge in [-0.05, 0) is 24.1 Å². The van der Waals surface area contributed by atoms with E-state index in [-0.39, 0.29) is 11.9 Å². The summed E-state index contributed by atoms with van der Waals surface area (Å²) in [5, 5.41) is 13.4. The largest absolute Gasteiger partial charge is 0.386 e. The van der Waals surface area contributed by atoms with Crippen LogP contribution in [0, 0.1) is 0 Å². The number of aliphatic hydroxyl groups is 1. The topological polar surface area (TPSA) is 49.3 Å². The van der Waals surface area contributed by atoms with Gasteiger partial charge >= 0.3 is 0 Å². The van der Waals surface area contributed by atoms with E-state index in [4.69, 9.17) is 0 Å². The van der Waals surface area contributed by atoms with E-state index in [1.165, 1.54) is 0 Å². The van der Waals surface area contributed by atoms with Crippen molar-refractivity contribution < 1.29 is 9.90 Å². The van der Waals surface area contributed by atoms with Crippen LogP contribution in [-0.4, -0.2) is 17.1 Å². The number of nitrogens with one attached hydrogen (secondary N) is 1. The summed E-state index contributed by atoms with van der Waals surface area (Å²) in [5.74, 6) is -0.149. The molecule has 110 valence electrons. The zero-order chi connectivity index (χ0) is 15.1. The summed E-state index contributed by atoms with van der Waals surface area (Å²) in [5.41, 5.74) is 1.43. The highest BCUT2D eigenvalue weighted by molar-refractivity contribution is 5.94. The van der Waals surface area contributed by atoms with Gasteiger partial charge in [-0.25, -0.2) is 0 Å². The van der Waals surface area contributed by atoms with Crippen molar-refractivity contribution in [1.29, 1.82) is 0 Å². The van der Waals surface area contributed by atoms with E-state index in [9.17, 15) is 9.90 Å². The van der Waals surface area contributed by atoms with Crippen LogP contribution in [0.25, 0.3) is 0 Å². The normalized spacial score (nSPS) is 13.4. The third-order valence-corrected chi connectivity index (χ3v) is 3.47. The Balaban J connectivity index is 2.10. The predicted molar refractivity (Wildman–Crippen MR) is 84.0 cm³/mol. The van der Waals surface area contributed by atoms with E-state index < -0.39 is 6.10 Å². The van der Waals surface area contributed by atoms with Crippen molar-refractivity contribution in [1.82, 2.24) is 5.32 Å². The van der Waals surface area contributed by atoms with E-state index in [1.807, 2.05) is 55.5 Å². The van der Waals surface area contributed by atoms with Gasteiger partial charge in [0.25, 0.3) is 5.91 Å². The number of carbonyl (C=O) groups is 1. The molecule has 0 aliphatic carbocycles. The number of benzene rings is 2. The second kappa shape index (κ2) is 7.60. The van der Waals surface area contributed by atoms with Gasteiger partial charge in [0, 0.05) is 5.56 Å². The third kappa shape index (κ3) is 4.17. The second-order valence-electron chi connectivity index (χ2n) is 5.09. The van der Waals surface area contributed by atoms with Crippen molar-refractivity contribution in [2.75, 3.05) is 0 Å². The SMILES string of the molecule is CCC[C@H](NC(=O)c1ccccc1)[C@H](O)c1ccccc1. The molecule has 0 fully saturated rings. The number of hydrogen-bond acceptors (Lipinski definition) is 2. The Hall–Kier alpha value is -2.13. The molecule has 2 atom stereocenters. The minimum Gasteiger partial charge on any atom is -0.386 e. The zero-order valence-corrected chi connectivity index (χ0v) is 12.2. The van der Waals surface area contributed by atoms with Crippen LogP contribution >= 0.6 is 0 Å². The Morgan fingerprint density at radius 3 is 2.19 bits per heavy atom. The minimum absolute atomic E-state index is 0.149. The number of aliphatic hydroxyl groups excluding tert-OH is 1. The fraction of sp³-hybridized carbons (Fsp3) is 0.278. The fourth-order valence-electron chi connectivity index (χ4n) is 2.34. The molecule has 2 rings (SSSR count). The summed E-state index contributed by atoms with van der Waals surface area (Å²) in [6, 6.07) is 18.2. The Kier molecular flexibility index (Phi) is 5.52. The lowest BCUT2D eigenvalue weighted by atomic mass is 9.98. The molecule has 1 amide bonds. The molecule has 3 heteroatoms. The van der Waals surface area contributed by atoms with Gasteiger partial charge in [-0.1, -0.05) is 61.9 Å². The van der Waals surface area contributed by atoms with E-state index in [0.717, 1.165) is 18.4 Å². The van der Waals surface area contributed by atoms with Crippen molar-refractivity contribution >= 4 is 5.91 Å². The molecule has 0 aliphatic rings. The molecule has 0 aromatic heterocycles. The van der Waals surface area contributed by atoms with Gasteiger partial charge in [0.05, 0.1) is 12.1 Å². The van der Waals surface area contributed by atoms with Crippen LogP contribution in [0.3, 0.4) is 0 Å². The van der Waals surface area contributed by atoms with Gasteiger partial charge in [0.1, 0.15) is 0 Å². The van der Waals surface area contributed by atoms with Gasteiger partial charge in [-0.15, -0.1) is 0 Å². The van der Waals surface area contributed by atoms with Gasteiger partial charge < -0.3 is 10.4 Å². The molecule has 0 radical (unpaired) electrons. The highest BCUT2D eigenvalue weighted by Gasteiger charge is 2.22. The fourth-order valence-corrected chi connectivity index (χ4v) is 2.34. The first-order valence-corrected chi connectivity index (χ1v) is 7.31. The van der Waals surface area contributed by atoms with E-state index in [0.29, 0.717) is 5.56 Å². The Labute approximate surface area is 125 Å². The molecule has 2 aromatic carbocycles. The van der Waals surface area contributed by atoms with Crippen LogP contribution in [0.2, 0.25) is 0 Å². The summed E-state index contributed by atoms with van der Waals surface area (Å²) in [7, 11) is 0. The number of hydrogen-bond donors (Lipinski definition) is 2. The van der Waals surface area contributed by atoms with Crippen molar-refractivity contribution in [3.63, 3.8) is 0 Å². The third-order valence-electron chi connectivity index (χ3n) is 3.47. The average Bonchev–Trinajstić information content (AvgIpc) is 2.55. The summed E-state index contributed by atoms with van der Waals surface area (Å²) in [6.45, 7) is 2.04. The monoisotopic (exact) mass is 283 g/mol.